The lowest BCUT2D eigenvalue weighted by atomic mass is 10.1. The van der Waals surface area contributed by atoms with Crippen LogP contribution in [0.15, 0.2) is 47.6 Å². The molecule has 0 aliphatic carbocycles. The van der Waals surface area contributed by atoms with Crippen LogP contribution < -0.4 is 10.1 Å². The van der Waals surface area contributed by atoms with Crippen LogP contribution in [0.5, 0.6) is 5.75 Å². The Hall–Kier alpha value is -2.05. The van der Waals surface area contributed by atoms with Gasteiger partial charge in [0.05, 0.1) is 6.61 Å². The smallest absolute Gasteiger partial charge is 0.220 e. The number of rotatable bonds is 8. The number of nitrogens with zero attached hydrogens (tertiary/aromatic N) is 2. The first-order valence-electron chi connectivity index (χ1n) is 9.92. The first-order valence-corrected chi connectivity index (χ1v) is 10.7. The van der Waals surface area contributed by atoms with Crippen LogP contribution in [-0.4, -0.2) is 40.9 Å². The van der Waals surface area contributed by atoms with Gasteiger partial charge in [0.2, 0.25) is 5.91 Å². The zero-order valence-electron chi connectivity index (χ0n) is 16.7. The summed E-state index contributed by atoms with van der Waals surface area (Å²) in [6.45, 7) is 6.61. The van der Waals surface area contributed by atoms with E-state index in [2.05, 4.69) is 39.7 Å². The van der Waals surface area contributed by atoms with Crippen molar-refractivity contribution in [2.75, 3.05) is 19.7 Å². The molecule has 0 saturated carbocycles. The summed E-state index contributed by atoms with van der Waals surface area (Å²) < 4.78 is 8.18. The molecule has 1 fully saturated rings. The summed E-state index contributed by atoms with van der Waals surface area (Å²) in [5.74, 6) is 1.04. The van der Waals surface area contributed by atoms with Crippen molar-refractivity contribution < 1.29 is 9.53 Å². The van der Waals surface area contributed by atoms with Gasteiger partial charge in [0, 0.05) is 42.8 Å². The first kappa shape index (κ1) is 20.7. The average molecular weight is 400 g/mol. The number of nitrogens with one attached hydrogen (secondary N) is 1. The number of amides is 1. The van der Waals surface area contributed by atoms with Gasteiger partial charge in [-0.1, -0.05) is 12.1 Å². The Kier molecular flexibility index (Phi) is 7.74. The molecular weight excluding hydrogens is 370 g/mol. The molecule has 2 aromatic rings. The molecule has 1 aliphatic rings. The lowest BCUT2D eigenvalue weighted by Gasteiger charge is -2.31. The van der Waals surface area contributed by atoms with Crippen molar-refractivity contribution >= 4 is 17.9 Å². The second kappa shape index (κ2) is 10.5. The van der Waals surface area contributed by atoms with Crippen LogP contribution in [-0.2, 0) is 4.79 Å². The van der Waals surface area contributed by atoms with Crippen molar-refractivity contribution in [3.8, 4) is 5.75 Å². The minimum Gasteiger partial charge on any atom is -0.493 e. The molecular formula is C22H29N3O2S. The van der Waals surface area contributed by atoms with E-state index in [1.807, 2.05) is 25.3 Å². The van der Waals surface area contributed by atoms with Crippen molar-refractivity contribution in [3.05, 3.63) is 53.9 Å². The molecule has 0 radical (unpaired) electrons. The van der Waals surface area contributed by atoms with Crippen molar-refractivity contribution in [2.45, 2.75) is 50.5 Å². The minimum atomic E-state index is 0.128. The molecule has 2 heterocycles. The summed E-state index contributed by atoms with van der Waals surface area (Å²) in [6, 6.07) is 10.5. The molecule has 0 bridgehead atoms. The number of aromatic nitrogens is 1. The molecule has 3 rings (SSSR count). The van der Waals surface area contributed by atoms with Gasteiger partial charge in [-0.05, 0) is 74.4 Å². The van der Waals surface area contributed by atoms with Gasteiger partial charge in [-0.3, -0.25) is 9.78 Å². The van der Waals surface area contributed by atoms with E-state index in [0.717, 1.165) is 48.6 Å². The van der Waals surface area contributed by atoms with Crippen molar-refractivity contribution in [1.29, 1.82) is 0 Å². The quantitative estimate of drug-likeness (QED) is 0.534. The monoisotopic (exact) mass is 399 g/mol. The van der Waals surface area contributed by atoms with Crippen LogP contribution in [0, 0.1) is 13.8 Å². The summed E-state index contributed by atoms with van der Waals surface area (Å²) in [5, 5.41) is 3.18. The maximum Gasteiger partial charge on any atom is 0.220 e. The summed E-state index contributed by atoms with van der Waals surface area (Å²) in [7, 11) is 0. The number of aryl methyl sites for hydroxylation is 2. The molecule has 6 heteroatoms. The molecule has 150 valence electrons. The van der Waals surface area contributed by atoms with Gasteiger partial charge in [-0.25, -0.2) is 4.31 Å². The zero-order valence-corrected chi connectivity index (χ0v) is 17.5. The molecule has 5 nitrogen and oxygen atoms in total. The van der Waals surface area contributed by atoms with Gasteiger partial charge < -0.3 is 10.1 Å². The number of hydrogen-bond acceptors (Lipinski definition) is 5. The Bertz CT molecular complexity index is 762. The van der Waals surface area contributed by atoms with Crippen LogP contribution in [0.1, 0.15) is 36.8 Å². The Labute approximate surface area is 172 Å². The van der Waals surface area contributed by atoms with Gasteiger partial charge in [0.1, 0.15) is 5.75 Å². The lowest BCUT2D eigenvalue weighted by molar-refractivity contribution is -0.122. The third kappa shape index (κ3) is 6.53. The van der Waals surface area contributed by atoms with E-state index < -0.39 is 0 Å². The molecule has 0 unspecified atom stereocenters. The molecule has 1 N–H and O–H groups in total. The van der Waals surface area contributed by atoms with E-state index in [1.54, 1.807) is 18.1 Å². The fraction of sp³-hybridized carbons (Fsp3) is 0.455. The lowest BCUT2D eigenvalue weighted by Crippen LogP contribution is -2.42. The van der Waals surface area contributed by atoms with Gasteiger partial charge in [-0.2, -0.15) is 0 Å². The predicted molar refractivity (Wildman–Crippen MR) is 113 cm³/mol. The van der Waals surface area contributed by atoms with Gasteiger partial charge >= 0.3 is 0 Å². The summed E-state index contributed by atoms with van der Waals surface area (Å²) >= 11 is 1.74. The second-order valence-corrected chi connectivity index (χ2v) is 8.44. The highest BCUT2D eigenvalue weighted by atomic mass is 32.2. The zero-order chi connectivity index (χ0) is 19.8. The van der Waals surface area contributed by atoms with E-state index in [0.29, 0.717) is 13.0 Å². The molecule has 28 heavy (non-hydrogen) atoms. The normalized spacial score (nSPS) is 15.4. The maximum absolute atomic E-state index is 12.2. The Balaban J connectivity index is 1.31. The molecule has 0 spiro atoms. The van der Waals surface area contributed by atoms with E-state index >= 15 is 0 Å². The number of carbonyl (C=O) groups excluding carboxylic acids is 1. The number of piperidine rings is 1. The van der Waals surface area contributed by atoms with Crippen molar-refractivity contribution in [3.63, 3.8) is 0 Å². The van der Waals surface area contributed by atoms with Crippen LogP contribution >= 0.6 is 11.9 Å². The van der Waals surface area contributed by atoms with Gasteiger partial charge in [0.25, 0.3) is 0 Å². The first-order chi connectivity index (χ1) is 13.6. The fourth-order valence-corrected chi connectivity index (χ4v) is 4.16. The number of pyridine rings is 1. The standard InChI is InChI=1S/C22H29N3O2S/c1-17-7-8-18(2)21(15-17)27-14-4-6-22(26)24-19-9-12-25(13-10-19)28-20-5-3-11-23-16-20/h3,5,7-8,11,15-16,19H,4,6,9-10,12-14H2,1-2H3,(H,24,26). The molecule has 1 aromatic carbocycles. The second-order valence-electron chi connectivity index (χ2n) is 7.27. The number of ether oxygens (including phenoxy) is 1. The fourth-order valence-electron chi connectivity index (χ4n) is 3.22. The topological polar surface area (TPSA) is 54.5 Å². The molecule has 0 atom stereocenters. The number of hydrogen-bond donors (Lipinski definition) is 1. The van der Waals surface area contributed by atoms with E-state index in [9.17, 15) is 4.79 Å². The van der Waals surface area contributed by atoms with E-state index in [1.165, 1.54) is 5.56 Å². The number of carbonyl (C=O) groups is 1. The van der Waals surface area contributed by atoms with Crippen LogP contribution in [0.3, 0.4) is 0 Å². The largest absolute Gasteiger partial charge is 0.493 e. The van der Waals surface area contributed by atoms with Gasteiger partial charge in [-0.15, -0.1) is 0 Å². The Morgan fingerprint density at radius 2 is 2.11 bits per heavy atom. The Morgan fingerprint density at radius 1 is 1.29 bits per heavy atom. The third-order valence-corrected chi connectivity index (χ3v) is 5.91. The minimum absolute atomic E-state index is 0.128. The molecule has 1 aromatic heterocycles. The van der Waals surface area contributed by atoms with Crippen LogP contribution in [0.25, 0.3) is 0 Å². The highest BCUT2D eigenvalue weighted by Gasteiger charge is 2.21. The van der Waals surface area contributed by atoms with Gasteiger partial charge in [0.15, 0.2) is 0 Å². The molecule has 1 aliphatic heterocycles. The maximum atomic E-state index is 12.2. The Morgan fingerprint density at radius 3 is 2.86 bits per heavy atom. The summed E-state index contributed by atoms with van der Waals surface area (Å²) in [4.78, 5) is 17.5. The highest BCUT2D eigenvalue weighted by molar-refractivity contribution is 7.97. The predicted octanol–water partition coefficient (Wildman–Crippen LogP) is 4.15. The highest BCUT2D eigenvalue weighted by Crippen LogP contribution is 2.25. The van der Waals surface area contributed by atoms with Crippen molar-refractivity contribution in [1.82, 2.24) is 14.6 Å². The van der Waals surface area contributed by atoms with Crippen LogP contribution in [0.2, 0.25) is 0 Å². The van der Waals surface area contributed by atoms with E-state index in [4.69, 9.17) is 4.74 Å². The van der Waals surface area contributed by atoms with Crippen LogP contribution in [0.4, 0.5) is 0 Å². The van der Waals surface area contributed by atoms with E-state index in [-0.39, 0.29) is 11.9 Å². The summed E-state index contributed by atoms with van der Waals surface area (Å²) in [5.41, 5.74) is 2.32. The third-order valence-electron chi connectivity index (χ3n) is 4.84. The molecule has 1 saturated heterocycles. The number of benzene rings is 1. The van der Waals surface area contributed by atoms with Crippen molar-refractivity contribution in [2.24, 2.45) is 0 Å². The molecule has 1 amide bonds. The summed E-state index contributed by atoms with van der Waals surface area (Å²) in [6.07, 6.45) is 6.89. The SMILES string of the molecule is Cc1ccc(C)c(OCCCC(=O)NC2CCN(Sc3cccnc3)CC2)c1. The average Bonchev–Trinajstić information content (AvgIpc) is 2.70.